The summed E-state index contributed by atoms with van der Waals surface area (Å²) in [5, 5.41) is -0.230. The molecule has 0 spiro atoms. The predicted octanol–water partition coefficient (Wildman–Crippen LogP) is 25.9. The number of esters is 2. The smallest absolute Gasteiger partial charge is 0.308 e. The Kier molecular flexibility index (Phi) is 46.1. The zero-order valence-corrected chi connectivity index (χ0v) is 90.2. The highest BCUT2D eigenvalue weighted by Crippen LogP contribution is 2.46. The third-order valence-electron chi connectivity index (χ3n) is 26.3. The first-order chi connectivity index (χ1) is 54.0. The topological polar surface area (TPSA) is 206 Å². The molecule has 2 aromatic heterocycles. The molecule has 0 saturated heterocycles. The molecule has 2 heterocycles. The molecule has 0 radical (unpaired) electrons. The average molecular weight is 1840 g/mol. The van der Waals surface area contributed by atoms with E-state index in [0.717, 1.165) is 42.7 Å². The van der Waals surface area contributed by atoms with Gasteiger partial charge in [0.1, 0.15) is 48.8 Å². The van der Waals surface area contributed by atoms with Crippen molar-refractivity contribution in [2.45, 2.75) is 410 Å². The summed E-state index contributed by atoms with van der Waals surface area (Å²) in [7, 11) is -8.92. The number of rotatable bonds is 56. The van der Waals surface area contributed by atoms with Crippen LogP contribution in [0.5, 0.6) is 0 Å². The summed E-state index contributed by atoms with van der Waals surface area (Å²) in [6, 6.07) is 5.74. The predicted molar refractivity (Wildman–Crippen MR) is 506 cm³/mol. The Labute approximate surface area is 740 Å². The molecule has 686 valence electrons. The van der Waals surface area contributed by atoms with Crippen molar-refractivity contribution in [3.8, 4) is 0 Å². The van der Waals surface area contributed by atoms with Crippen LogP contribution in [-0.2, 0) is 81.8 Å². The molecule has 0 aliphatic carbocycles. The first kappa shape index (κ1) is 112. The molecule has 10 atom stereocenters. The minimum Gasteiger partial charge on any atom is -0.462 e. The third-order valence-corrected chi connectivity index (χ3v) is 55.1. The van der Waals surface area contributed by atoms with Gasteiger partial charge in [0, 0.05) is 84.6 Å². The van der Waals surface area contributed by atoms with Gasteiger partial charge >= 0.3 is 11.9 Å². The number of allylic oxidation sites excluding steroid dienone is 4. The van der Waals surface area contributed by atoms with Crippen molar-refractivity contribution in [2.24, 2.45) is 10.8 Å². The Morgan fingerprint density at radius 1 is 0.441 bits per heavy atom. The van der Waals surface area contributed by atoms with Crippen LogP contribution >= 0.6 is 34.8 Å². The maximum Gasteiger partial charge on any atom is 0.308 e. The number of nitrogens with zero attached hydrogens (tertiary/aromatic N) is 2. The fourth-order valence-corrected chi connectivity index (χ4v) is 25.5. The number of halogens is 3. The number of oxazole rings is 2. The number of carbonyl (C=O) groups is 2. The van der Waals surface area contributed by atoms with Crippen LogP contribution in [0.3, 0.4) is 0 Å². The molecule has 2 aromatic rings. The number of hydrogen-bond donors (Lipinski definition) is 0. The van der Waals surface area contributed by atoms with E-state index in [1.807, 2.05) is 42.5 Å². The van der Waals surface area contributed by atoms with Gasteiger partial charge in [0.25, 0.3) is 0 Å². The molecule has 0 aromatic carbocycles. The summed E-state index contributed by atoms with van der Waals surface area (Å²) >= 11 is 17.7. The first-order valence-corrected chi connectivity index (χ1v) is 65.0. The lowest BCUT2D eigenvalue weighted by molar-refractivity contribution is -0.163. The maximum atomic E-state index is 15.3. The van der Waals surface area contributed by atoms with E-state index < -0.39 is 115 Å². The maximum absolute atomic E-state index is 15.3. The number of aromatic nitrogens is 2. The highest BCUT2D eigenvalue weighted by molar-refractivity contribution is 6.76. The van der Waals surface area contributed by atoms with Gasteiger partial charge < -0.3 is 68.2 Å². The molecule has 0 aliphatic rings. The van der Waals surface area contributed by atoms with Gasteiger partial charge in [-0.3, -0.25) is 9.59 Å². The van der Waals surface area contributed by atoms with Crippen molar-refractivity contribution in [3.05, 3.63) is 84.3 Å². The minimum atomic E-state index is -2.49. The molecule has 0 saturated carbocycles. The van der Waals surface area contributed by atoms with Gasteiger partial charge in [-0.1, -0.05) is 236 Å². The van der Waals surface area contributed by atoms with Crippen LogP contribution in [0.15, 0.2) is 70.0 Å². The van der Waals surface area contributed by atoms with Crippen LogP contribution in [0.2, 0.25) is 128 Å². The lowest BCUT2D eigenvalue weighted by Gasteiger charge is -2.47. The van der Waals surface area contributed by atoms with E-state index in [9.17, 15) is 4.79 Å². The average Bonchev–Trinajstić information content (AvgIpc) is 1.18. The molecule has 0 N–H and O–H groups in total. The molecule has 2 rings (SSSR count). The normalized spacial score (nSPS) is 16.9. The molecule has 19 nitrogen and oxygen atoms in total. The van der Waals surface area contributed by atoms with Crippen LogP contribution in [0.1, 0.15) is 239 Å². The van der Waals surface area contributed by atoms with Crippen molar-refractivity contribution in [1.82, 2.24) is 9.97 Å². The lowest BCUT2D eigenvalue weighted by Crippen LogP contribution is -2.53. The summed E-state index contributed by atoms with van der Waals surface area (Å²) in [6.07, 6.45) is 19.0. The van der Waals surface area contributed by atoms with Crippen LogP contribution in [0, 0.1) is 10.8 Å². The first-order valence-electron chi connectivity index (χ1n) is 43.8. The fourth-order valence-electron chi connectivity index (χ4n) is 13.2. The second kappa shape index (κ2) is 48.4. The van der Waals surface area contributed by atoms with Crippen molar-refractivity contribution in [2.75, 3.05) is 48.3 Å². The molecule has 29 heteroatoms. The van der Waals surface area contributed by atoms with E-state index in [2.05, 4.69) is 230 Å². The molecular formula is C89H169Cl3N2O17Si7. The molecule has 118 heavy (non-hydrogen) atoms. The van der Waals surface area contributed by atoms with Crippen molar-refractivity contribution in [3.63, 3.8) is 0 Å². The number of ether oxygens (including phenoxy) is 6. The Hall–Kier alpha value is -1.73. The van der Waals surface area contributed by atoms with E-state index in [4.69, 9.17) is 113 Å². The Balaban J connectivity index is 2.63. The Morgan fingerprint density at radius 2 is 0.780 bits per heavy atom. The van der Waals surface area contributed by atoms with Gasteiger partial charge in [-0.15, -0.1) is 0 Å². The third kappa shape index (κ3) is 36.9. The van der Waals surface area contributed by atoms with E-state index in [0.29, 0.717) is 81.3 Å². The standard InChI is InChI=1S/C89H169Cl3N2O17Si7/c1-38-117(39-2,40-3)110-77(62-79-93-71(64-101-79)73(99-25)52-48-44-46-50-67(97-23)58-69(107-115(34,35)85(13,14)15)60-81(95)103-66-89(90,91)92)87(19,20)75(54-56-104-113(30,31)83(7,8)9)106-82(96)61-70(108-116(36,37)86(16,17)18)59-68(98-24)51-47-45-49-53-74(100-26)72-65-102-80(94-72)63-78(111-118(41-4,42-5)43-6)88(21,22)76(109-112(27,28)29)55-57-105-114(32,33)84(10,11)12/h44-51,64-65,67-70,73-78H,38-43,52-63,66H2,1-37H3/b48-44+,49-45+,50-46+,51-47+/t67-,68-,69-,70-,73-,74-,75-,76-,77-,78-/m0/s1. The van der Waals surface area contributed by atoms with Crippen LogP contribution in [0.25, 0.3) is 0 Å². The number of alkyl halides is 3. The van der Waals surface area contributed by atoms with Crippen LogP contribution in [0.4, 0.5) is 0 Å². The quantitative estimate of drug-likeness (QED) is 0.0261. The number of methoxy groups -OCH3 is 4. The van der Waals surface area contributed by atoms with E-state index >= 15 is 4.79 Å². The summed E-state index contributed by atoms with van der Waals surface area (Å²) in [6.45, 7) is 74.4. The van der Waals surface area contributed by atoms with Gasteiger partial charge in [0.05, 0.1) is 55.6 Å². The zero-order valence-electron chi connectivity index (χ0n) is 81.0. The largest absolute Gasteiger partial charge is 0.462 e. The summed E-state index contributed by atoms with van der Waals surface area (Å²) < 4.78 is 97.7. The molecule has 0 aliphatic heterocycles. The van der Waals surface area contributed by atoms with Crippen molar-refractivity contribution in [1.29, 1.82) is 0 Å². The van der Waals surface area contributed by atoms with Gasteiger partial charge in [-0.2, -0.15) is 0 Å². The summed E-state index contributed by atoms with van der Waals surface area (Å²) in [4.78, 5) is 38.6. The number of carbonyl (C=O) groups excluding carboxylic acids is 2. The van der Waals surface area contributed by atoms with Crippen molar-refractivity contribution < 1.29 is 77.8 Å². The van der Waals surface area contributed by atoms with E-state index in [1.165, 1.54) is 0 Å². The molecule has 0 amide bonds. The van der Waals surface area contributed by atoms with Crippen LogP contribution < -0.4 is 0 Å². The molecule has 0 fully saturated rings. The fraction of sp³-hybridized carbons (Fsp3) is 0.820. The second-order valence-corrected chi connectivity index (χ2v) is 76.4. The van der Waals surface area contributed by atoms with Gasteiger partial charge in [-0.05, 0) is 148 Å². The minimum absolute atomic E-state index is 0.00241. The van der Waals surface area contributed by atoms with Crippen molar-refractivity contribution >= 4 is 105 Å². The number of hydrogen-bond acceptors (Lipinski definition) is 19. The van der Waals surface area contributed by atoms with Gasteiger partial charge in [-0.25, -0.2) is 9.97 Å². The van der Waals surface area contributed by atoms with Crippen LogP contribution in [-0.4, -0.2) is 181 Å². The second-order valence-electron chi connectivity index (χ2n) is 40.8. The lowest BCUT2D eigenvalue weighted by atomic mass is 9.78. The van der Waals surface area contributed by atoms with Gasteiger partial charge in [0.2, 0.25) is 3.79 Å². The Bertz CT molecular complexity index is 3330. The summed E-state index contributed by atoms with van der Waals surface area (Å²) in [5.74, 6) is 0.212. The monoisotopic (exact) mass is 1840 g/mol. The SMILES string of the molecule is CC[Si](CC)(CC)O[C@@H](Cc1nc([C@H](C/C=C/C=C/[C@@H](C[C@@H](CC(=O)OCC(Cl)(Cl)Cl)O[Si](C)(C)C(C)(C)C)OC)OC)co1)C(C)(C)[C@H](CCO[Si](C)(C)C(C)(C)C)OC(=O)C[C@H](C[C@H](/C=C/C=C/C[C@H](OC)c1coc(C[C@H](O[Si](CC)(CC)CC)C(C)(C)[C@H](CCO[Si](C)(C)C(C)(C)C)O[Si](C)(C)C)n1)OC)O[Si](C)(C)C(C)(C)C. The Morgan fingerprint density at radius 3 is 1.09 bits per heavy atom. The highest BCUT2D eigenvalue weighted by Gasteiger charge is 2.50. The molecule has 0 unspecified atom stereocenters. The van der Waals surface area contributed by atoms with E-state index in [-0.39, 0.29) is 70.0 Å². The molecular weight excluding hydrogens is 1670 g/mol. The van der Waals surface area contributed by atoms with E-state index in [1.54, 1.807) is 41.0 Å². The highest BCUT2D eigenvalue weighted by atomic mass is 35.6. The summed E-state index contributed by atoms with van der Waals surface area (Å²) in [5.41, 5.74) is 0.144. The molecule has 0 bridgehead atoms. The zero-order chi connectivity index (χ0) is 90.8. The van der Waals surface area contributed by atoms with Gasteiger partial charge in [0.15, 0.2) is 70.0 Å².